The van der Waals surface area contributed by atoms with Crippen molar-refractivity contribution >= 4 is 10.0 Å². The summed E-state index contributed by atoms with van der Waals surface area (Å²) in [6, 6.07) is 7.06. The maximum atomic E-state index is 12.3. The van der Waals surface area contributed by atoms with Gasteiger partial charge in [0, 0.05) is 6.04 Å². The van der Waals surface area contributed by atoms with E-state index in [1.807, 2.05) is 19.1 Å². The Kier molecular flexibility index (Phi) is 4.60. The first-order valence-electron chi connectivity index (χ1n) is 6.88. The van der Waals surface area contributed by atoms with Gasteiger partial charge in [-0.1, -0.05) is 25.5 Å². The summed E-state index contributed by atoms with van der Waals surface area (Å²) < 4.78 is 27.4. The monoisotopic (exact) mass is 282 g/mol. The summed E-state index contributed by atoms with van der Waals surface area (Å²) in [5.41, 5.74) is 6.82. The van der Waals surface area contributed by atoms with Crippen LogP contribution in [0.5, 0.6) is 0 Å². The average molecular weight is 282 g/mol. The third kappa shape index (κ3) is 3.35. The first-order chi connectivity index (χ1) is 9.06. The molecule has 0 aliphatic heterocycles. The number of hydrogen-bond donors (Lipinski definition) is 2. The second-order valence-corrected chi connectivity index (χ2v) is 6.87. The SMILES string of the molecule is CCc1ccc(S(=O)(=O)N[C@H]2CCC[C@@H]2CN)cc1. The van der Waals surface area contributed by atoms with Gasteiger partial charge in [0.05, 0.1) is 4.90 Å². The smallest absolute Gasteiger partial charge is 0.240 e. The van der Waals surface area contributed by atoms with E-state index in [4.69, 9.17) is 5.73 Å². The lowest BCUT2D eigenvalue weighted by Gasteiger charge is -2.19. The number of rotatable bonds is 5. The van der Waals surface area contributed by atoms with Crippen molar-refractivity contribution < 1.29 is 8.42 Å². The highest BCUT2D eigenvalue weighted by Crippen LogP contribution is 2.26. The largest absolute Gasteiger partial charge is 0.330 e. The number of benzene rings is 1. The Morgan fingerprint density at radius 1 is 1.26 bits per heavy atom. The highest BCUT2D eigenvalue weighted by molar-refractivity contribution is 7.89. The van der Waals surface area contributed by atoms with Gasteiger partial charge in [-0.25, -0.2) is 13.1 Å². The summed E-state index contributed by atoms with van der Waals surface area (Å²) in [5, 5.41) is 0. The minimum atomic E-state index is -3.42. The van der Waals surface area contributed by atoms with E-state index in [2.05, 4.69) is 4.72 Å². The summed E-state index contributed by atoms with van der Waals surface area (Å²) in [7, 11) is -3.42. The molecule has 1 saturated carbocycles. The molecule has 1 aromatic rings. The summed E-state index contributed by atoms with van der Waals surface area (Å²) in [6.07, 6.45) is 3.85. The van der Waals surface area contributed by atoms with Crippen molar-refractivity contribution in [1.29, 1.82) is 0 Å². The number of hydrogen-bond acceptors (Lipinski definition) is 3. The minimum absolute atomic E-state index is 0.0131. The highest BCUT2D eigenvalue weighted by Gasteiger charge is 2.30. The fourth-order valence-electron chi connectivity index (χ4n) is 2.65. The van der Waals surface area contributed by atoms with E-state index >= 15 is 0 Å². The molecule has 0 bridgehead atoms. The van der Waals surface area contributed by atoms with Gasteiger partial charge in [0.1, 0.15) is 0 Å². The van der Waals surface area contributed by atoms with E-state index in [0.29, 0.717) is 11.4 Å². The summed E-state index contributed by atoms with van der Waals surface area (Å²) in [5.74, 6) is 0.268. The minimum Gasteiger partial charge on any atom is -0.330 e. The second-order valence-electron chi connectivity index (χ2n) is 5.15. The van der Waals surface area contributed by atoms with Crippen molar-refractivity contribution in [2.45, 2.75) is 43.5 Å². The molecule has 0 unspecified atom stereocenters. The third-order valence-electron chi connectivity index (χ3n) is 3.91. The summed E-state index contributed by atoms with van der Waals surface area (Å²) in [6.45, 7) is 2.59. The molecule has 0 heterocycles. The molecule has 0 radical (unpaired) electrons. The van der Waals surface area contributed by atoms with E-state index < -0.39 is 10.0 Å². The van der Waals surface area contributed by atoms with Gasteiger partial charge in [-0.15, -0.1) is 0 Å². The molecule has 4 nitrogen and oxygen atoms in total. The normalized spacial score (nSPS) is 23.7. The van der Waals surface area contributed by atoms with Crippen LogP contribution in [0.1, 0.15) is 31.7 Å². The Morgan fingerprint density at radius 3 is 2.53 bits per heavy atom. The van der Waals surface area contributed by atoms with E-state index in [0.717, 1.165) is 31.2 Å². The van der Waals surface area contributed by atoms with Crippen LogP contribution in [0.15, 0.2) is 29.2 Å². The van der Waals surface area contributed by atoms with Gasteiger partial charge in [0.25, 0.3) is 0 Å². The standard InChI is InChI=1S/C14H22N2O2S/c1-2-11-6-8-13(9-7-11)19(17,18)16-14-5-3-4-12(14)10-15/h6-9,12,14,16H,2-5,10,15H2,1H3/t12-,14+/m1/s1. The van der Waals surface area contributed by atoms with Crippen LogP contribution in [0.3, 0.4) is 0 Å². The van der Waals surface area contributed by atoms with Gasteiger partial charge in [0.2, 0.25) is 10.0 Å². The van der Waals surface area contributed by atoms with Crippen LogP contribution in [-0.4, -0.2) is 21.0 Å². The van der Waals surface area contributed by atoms with E-state index in [1.54, 1.807) is 12.1 Å². The van der Waals surface area contributed by atoms with Crippen molar-refractivity contribution in [3.05, 3.63) is 29.8 Å². The second kappa shape index (κ2) is 6.03. The molecule has 1 aromatic carbocycles. The lowest BCUT2D eigenvalue weighted by Crippen LogP contribution is -2.39. The Hall–Kier alpha value is -0.910. The molecule has 1 aliphatic carbocycles. The van der Waals surface area contributed by atoms with Crippen molar-refractivity contribution in [3.8, 4) is 0 Å². The van der Waals surface area contributed by atoms with Crippen molar-refractivity contribution in [3.63, 3.8) is 0 Å². The lowest BCUT2D eigenvalue weighted by atomic mass is 10.1. The van der Waals surface area contributed by atoms with Gasteiger partial charge >= 0.3 is 0 Å². The molecular formula is C14H22N2O2S. The van der Waals surface area contributed by atoms with Crippen LogP contribution in [-0.2, 0) is 16.4 Å². The van der Waals surface area contributed by atoms with Crippen molar-refractivity contribution in [1.82, 2.24) is 4.72 Å². The van der Waals surface area contributed by atoms with Crippen LogP contribution in [0.2, 0.25) is 0 Å². The number of nitrogens with two attached hydrogens (primary N) is 1. The fraction of sp³-hybridized carbons (Fsp3) is 0.571. The molecular weight excluding hydrogens is 260 g/mol. The molecule has 1 aliphatic rings. The molecule has 106 valence electrons. The Bertz CT molecular complexity index is 511. The first-order valence-corrected chi connectivity index (χ1v) is 8.36. The van der Waals surface area contributed by atoms with Crippen molar-refractivity contribution in [2.75, 3.05) is 6.54 Å². The topological polar surface area (TPSA) is 72.2 Å². The van der Waals surface area contributed by atoms with Gasteiger partial charge < -0.3 is 5.73 Å². The molecule has 0 amide bonds. The molecule has 2 rings (SSSR count). The van der Waals surface area contributed by atoms with Gasteiger partial charge in [-0.3, -0.25) is 0 Å². The zero-order valence-corrected chi connectivity index (χ0v) is 12.1. The fourth-order valence-corrected chi connectivity index (χ4v) is 3.99. The summed E-state index contributed by atoms with van der Waals surface area (Å²) >= 11 is 0. The summed E-state index contributed by atoms with van der Waals surface area (Å²) in [4.78, 5) is 0.340. The lowest BCUT2D eigenvalue weighted by molar-refractivity contribution is 0.453. The van der Waals surface area contributed by atoms with Gasteiger partial charge in [0.15, 0.2) is 0 Å². The quantitative estimate of drug-likeness (QED) is 0.862. The highest BCUT2D eigenvalue weighted by atomic mass is 32.2. The average Bonchev–Trinajstić information content (AvgIpc) is 2.85. The molecule has 1 fully saturated rings. The predicted molar refractivity (Wildman–Crippen MR) is 76.3 cm³/mol. The molecule has 0 saturated heterocycles. The third-order valence-corrected chi connectivity index (χ3v) is 5.42. The zero-order valence-electron chi connectivity index (χ0n) is 11.3. The van der Waals surface area contributed by atoms with Gasteiger partial charge in [-0.2, -0.15) is 0 Å². The Balaban J connectivity index is 2.13. The van der Waals surface area contributed by atoms with Crippen LogP contribution in [0, 0.1) is 5.92 Å². The predicted octanol–water partition coefficient (Wildman–Crippen LogP) is 1.65. The van der Waals surface area contributed by atoms with Crippen molar-refractivity contribution in [2.24, 2.45) is 11.7 Å². The van der Waals surface area contributed by atoms with Crippen LogP contribution < -0.4 is 10.5 Å². The van der Waals surface area contributed by atoms with Crippen LogP contribution in [0.4, 0.5) is 0 Å². The molecule has 5 heteroatoms. The molecule has 0 spiro atoms. The van der Waals surface area contributed by atoms with Crippen LogP contribution in [0.25, 0.3) is 0 Å². The Labute approximate surface area is 115 Å². The molecule has 2 atom stereocenters. The molecule has 0 aromatic heterocycles. The van der Waals surface area contributed by atoms with E-state index in [-0.39, 0.29) is 12.0 Å². The first kappa shape index (κ1) is 14.5. The zero-order chi connectivity index (χ0) is 13.9. The van der Waals surface area contributed by atoms with Gasteiger partial charge in [-0.05, 0) is 49.4 Å². The maximum Gasteiger partial charge on any atom is 0.240 e. The number of nitrogens with one attached hydrogen (secondary N) is 1. The van der Waals surface area contributed by atoms with E-state index in [9.17, 15) is 8.42 Å². The molecule has 19 heavy (non-hydrogen) atoms. The number of sulfonamides is 1. The number of aryl methyl sites for hydroxylation is 1. The van der Waals surface area contributed by atoms with Crippen LogP contribution >= 0.6 is 0 Å². The maximum absolute atomic E-state index is 12.3. The van der Waals surface area contributed by atoms with E-state index in [1.165, 1.54) is 0 Å². The molecule has 3 N–H and O–H groups in total. The Morgan fingerprint density at radius 2 is 1.95 bits per heavy atom.